The van der Waals surface area contributed by atoms with Crippen molar-refractivity contribution in [3.63, 3.8) is 0 Å². The van der Waals surface area contributed by atoms with Crippen LogP contribution in [0.4, 0.5) is 0 Å². The molecule has 0 amide bonds. The average Bonchev–Trinajstić information content (AvgIpc) is 2.74. The zero-order chi connectivity index (χ0) is 14.1. The van der Waals surface area contributed by atoms with Gasteiger partial charge in [0.05, 0.1) is 17.6 Å². The fraction of sp³-hybridized carbons (Fsp3) is 0.294. The van der Waals surface area contributed by atoms with Crippen molar-refractivity contribution >= 4 is 11.0 Å². The molecule has 1 aliphatic heterocycles. The minimum Gasteiger partial charge on any atom is -0.327 e. The number of aromatic nitrogens is 3. The van der Waals surface area contributed by atoms with Gasteiger partial charge in [0.25, 0.3) is 0 Å². The lowest BCUT2D eigenvalue weighted by Gasteiger charge is -2.18. The third-order valence-electron chi connectivity index (χ3n) is 4.11. The number of aryl methyl sites for hydroxylation is 1. The van der Waals surface area contributed by atoms with E-state index in [9.17, 15) is 0 Å². The summed E-state index contributed by atoms with van der Waals surface area (Å²) in [6, 6.07) is 12.6. The highest BCUT2D eigenvalue weighted by atomic mass is 15.2. The number of hydrogen-bond donors (Lipinski definition) is 0. The van der Waals surface area contributed by atoms with Crippen LogP contribution in [0.3, 0.4) is 0 Å². The van der Waals surface area contributed by atoms with Crippen molar-refractivity contribution in [1.82, 2.24) is 19.4 Å². The van der Waals surface area contributed by atoms with Gasteiger partial charge in [-0.05, 0) is 36.2 Å². The molecule has 2 aromatic heterocycles. The Morgan fingerprint density at radius 3 is 2.76 bits per heavy atom. The molecule has 0 spiro atoms. The predicted molar refractivity (Wildman–Crippen MR) is 82.7 cm³/mol. The number of hydrogen-bond acceptors (Lipinski definition) is 3. The Labute approximate surface area is 124 Å². The number of imidazole rings is 1. The molecule has 21 heavy (non-hydrogen) atoms. The molecule has 0 N–H and O–H groups in total. The van der Waals surface area contributed by atoms with Crippen LogP contribution in [-0.4, -0.2) is 26.0 Å². The summed E-state index contributed by atoms with van der Waals surface area (Å²) in [6.07, 6.45) is 4.89. The molecule has 3 heterocycles. The van der Waals surface area contributed by atoms with Crippen molar-refractivity contribution in [3.05, 3.63) is 60.2 Å². The minimum absolute atomic E-state index is 0.914. The highest BCUT2D eigenvalue weighted by Gasteiger charge is 2.18. The first kappa shape index (κ1) is 12.5. The first-order valence-corrected chi connectivity index (χ1v) is 7.45. The molecule has 0 unspecified atom stereocenters. The SMILES string of the molecule is c1ccc2c(c1)nc1n2CCCN(Cc2ccncc2)C1. The normalized spacial score (nSPS) is 15.8. The van der Waals surface area contributed by atoms with Gasteiger partial charge in [0.15, 0.2) is 0 Å². The zero-order valence-corrected chi connectivity index (χ0v) is 11.9. The van der Waals surface area contributed by atoms with E-state index in [2.05, 4.69) is 50.8 Å². The molecular weight excluding hydrogens is 260 g/mol. The standard InChI is InChI=1S/C17H18N4/c1-2-5-16-15(4-1)19-17-13-20(10-3-11-21(16)17)12-14-6-8-18-9-7-14/h1-2,4-9H,3,10-13H2. The second-order valence-corrected chi connectivity index (χ2v) is 5.59. The molecule has 0 bridgehead atoms. The molecule has 3 aromatic rings. The van der Waals surface area contributed by atoms with E-state index in [1.807, 2.05) is 12.4 Å². The van der Waals surface area contributed by atoms with Gasteiger partial charge >= 0.3 is 0 Å². The molecule has 4 nitrogen and oxygen atoms in total. The van der Waals surface area contributed by atoms with Crippen LogP contribution in [0.1, 0.15) is 17.8 Å². The Kier molecular flexibility index (Phi) is 3.16. The van der Waals surface area contributed by atoms with Gasteiger partial charge in [-0.25, -0.2) is 4.98 Å². The van der Waals surface area contributed by atoms with E-state index in [0.717, 1.165) is 31.7 Å². The summed E-state index contributed by atoms with van der Waals surface area (Å²) in [5.41, 5.74) is 3.69. The average molecular weight is 278 g/mol. The maximum atomic E-state index is 4.81. The number of fused-ring (bicyclic) bond motifs is 3. The number of rotatable bonds is 2. The second-order valence-electron chi connectivity index (χ2n) is 5.59. The Morgan fingerprint density at radius 1 is 1.00 bits per heavy atom. The Bertz CT molecular complexity index is 748. The molecule has 1 aromatic carbocycles. The molecule has 0 fully saturated rings. The van der Waals surface area contributed by atoms with Crippen LogP contribution in [0.25, 0.3) is 11.0 Å². The summed E-state index contributed by atoms with van der Waals surface area (Å²) in [6.45, 7) is 4.05. The Balaban J connectivity index is 1.63. The van der Waals surface area contributed by atoms with Gasteiger partial charge in [0, 0.05) is 32.0 Å². The topological polar surface area (TPSA) is 34.0 Å². The second kappa shape index (κ2) is 5.30. The third kappa shape index (κ3) is 2.43. The predicted octanol–water partition coefficient (Wildman–Crippen LogP) is 2.84. The van der Waals surface area contributed by atoms with Crippen molar-refractivity contribution < 1.29 is 0 Å². The van der Waals surface area contributed by atoms with Crippen LogP contribution < -0.4 is 0 Å². The Hall–Kier alpha value is -2.20. The highest BCUT2D eigenvalue weighted by molar-refractivity contribution is 5.75. The summed E-state index contributed by atoms with van der Waals surface area (Å²) in [7, 11) is 0. The monoisotopic (exact) mass is 278 g/mol. The fourth-order valence-electron chi connectivity index (χ4n) is 3.11. The van der Waals surface area contributed by atoms with Crippen LogP contribution in [0.15, 0.2) is 48.8 Å². The zero-order valence-electron chi connectivity index (χ0n) is 11.9. The summed E-state index contributed by atoms with van der Waals surface area (Å²) in [4.78, 5) is 11.4. The molecule has 0 atom stereocenters. The van der Waals surface area contributed by atoms with Gasteiger partial charge in [-0.15, -0.1) is 0 Å². The van der Waals surface area contributed by atoms with Gasteiger partial charge in [0.1, 0.15) is 5.82 Å². The smallest absolute Gasteiger partial charge is 0.124 e. The lowest BCUT2D eigenvalue weighted by Crippen LogP contribution is -2.23. The van der Waals surface area contributed by atoms with Crippen molar-refractivity contribution in [2.75, 3.05) is 6.54 Å². The molecule has 0 saturated heterocycles. The van der Waals surface area contributed by atoms with Gasteiger partial charge in [-0.3, -0.25) is 9.88 Å². The summed E-state index contributed by atoms with van der Waals surface area (Å²) < 4.78 is 2.38. The van der Waals surface area contributed by atoms with Crippen molar-refractivity contribution in [2.45, 2.75) is 26.1 Å². The first-order valence-electron chi connectivity index (χ1n) is 7.45. The van der Waals surface area contributed by atoms with Crippen LogP contribution >= 0.6 is 0 Å². The highest BCUT2D eigenvalue weighted by Crippen LogP contribution is 2.21. The summed E-state index contributed by atoms with van der Waals surface area (Å²) >= 11 is 0. The maximum Gasteiger partial charge on any atom is 0.124 e. The van der Waals surface area contributed by atoms with Crippen molar-refractivity contribution in [3.8, 4) is 0 Å². The molecular formula is C17H18N4. The number of nitrogens with zero attached hydrogens (tertiary/aromatic N) is 4. The molecule has 0 radical (unpaired) electrons. The first-order chi connectivity index (χ1) is 10.4. The quantitative estimate of drug-likeness (QED) is 0.723. The molecule has 0 saturated carbocycles. The Morgan fingerprint density at radius 2 is 1.86 bits per heavy atom. The van der Waals surface area contributed by atoms with Gasteiger partial charge in [-0.2, -0.15) is 0 Å². The van der Waals surface area contributed by atoms with Crippen molar-refractivity contribution in [2.24, 2.45) is 0 Å². The van der Waals surface area contributed by atoms with E-state index in [4.69, 9.17) is 4.98 Å². The number of benzene rings is 1. The molecule has 106 valence electrons. The summed E-state index contributed by atoms with van der Waals surface area (Å²) in [5.74, 6) is 1.18. The third-order valence-corrected chi connectivity index (χ3v) is 4.11. The fourth-order valence-corrected chi connectivity index (χ4v) is 3.11. The molecule has 4 heteroatoms. The van der Waals surface area contributed by atoms with Gasteiger partial charge in [-0.1, -0.05) is 12.1 Å². The lowest BCUT2D eigenvalue weighted by molar-refractivity contribution is 0.258. The van der Waals surface area contributed by atoms with Crippen molar-refractivity contribution in [1.29, 1.82) is 0 Å². The number of pyridine rings is 1. The van der Waals surface area contributed by atoms with E-state index in [1.54, 1.807) is 0 Å². The van der Waals surface area contributed by atoms with E-state index in [1.165, 1.54) is 23.3 Å². The van der Waals surface area contributed by atoms with E-state index in [0.29, 0.717) is 0 Å². The van der Waals surface area contributed by atoms with Crippen LogP contribution in [0, 0.1) is 0 Å². The maximum absolute atomic E-state index is 4.81. The van der Waals surface area contributed by atoms with Crippen LogP contribution in [0.5, 0.6) is 0 Å². The molecule has 0 aliphatic carbocycles. The molecule has 1 aliphatic rings. The largest absolute Gasteiger partial charge is 0.327 e. The minimum atomic E-state index is 0.914. The van der Waals surface area contributed by atoms with Crippen LogP contribution in [-0.2, 0) is 19.6 Å². The van der Waals surface area contributed by atoms with Crippen LogP contribution in [0.2, 0.25) is 0 Å². The summed E-state index contributed by atoms with van der Waals surface area (Å²) in [5, 5.41) is 0. The van der Waals surface area contributed by atoms with Gasteiger partial charge in [0.2, 0.25) is 0 Å². The number of para-hydroxylation sites is 2. The lowest BCUT2D eigenvalue weighted by atomic mass is 10.2. The van der Waals surface area contributed by atoms with E-state index >= 15 is 0 Å². The van der Waals surface area contributed by atoms with Gasteiger partial charge < -0.3 is 4.57 Å². The molecule has 4 rings (SSSR count). The van der Waals surface area contributed by atoms with E-state index in [-0.39, 0.29) is 0 Å². The van der Waals surface area contributed by atoms with E-state index < -0.39 is 0 Å².